The highest BCUT2D eigenvalue weighted by Crippen LogP contribution is 2.49. The number of nitrogen functional groups attached to an aromatic ring is 2. The minimum atomic E-state index is -5.05. The van der Waals surface area contributed by atoms with Crippen LogP contribution in [0.4, 0.5) is 11.9 Å². The number of nitrogens with two attached hydrogens (primary N) is 2. The van der Waals surface area contributed by atoms with Crippen LogP contribution in [0, 0.1) is 0 Å². The molecule has 3 aromatic heterocycles. The highest BCUT2D eigenvalue weighted by atomic mass is 31.2. The molecule has 2 saturated heterocycles. The number of aliphatic hydroxyl groups is 4. The van der Waals surface area contributed by atoms with E-state index in [1.165, 1.54) is 0 Å². The van der Waals surface area contributed by atoms with Crippen LogP contribution in [0.15, 0.2) is 22.2 Å². The van der Waals surface area contributed by atoms with E-state index in [0.29, 0.717) is 0 Å². The second kappa shape index (κ2) is 10.6. The molecule has 0 aliphatic carbocycles. The monoisotopic (exact) mass is 589 g/mol. The van der Waals surface area contributed by atoms with E-state index in [1.807, 2.05) is 0 Å². The van der Waals surface area contributed by atoms with Crippen molar-refractivity contribution < 1.29 is 48.4 Å². The van der Waals surface area contributed by atoms with Gasteiger partial charge in [-0.2, -0.15) is 9.97 Å². The SMILES string of the molecule is Nc1ncn([C@@H]2O[C@H](CO)C(OP(=O)(O)OC[C@H]3O[C@@H](n4cnc5c(=O)[nH]c(N)nc54)C(O)C3O)C2O)c(=O)n1. The fourth-order valence-corrected chi connectivity index (χ4v) is 5.30. The van der Waals surface area contributed by atoms with Crippen LogP contribution in [0.5, 0.6) is 0 Å². The zero-order valence-corrected chi connectivity index (χ0v) is 21.0. The molecular formula is C18H24N9O12P. The Morgan fingerprint density at radius 2 is 1.68 bits per heavy atom. The highest BCUT2D eigenvalue weighted by Gasteiger charge is 2.50. The van der Waals surface area contributed by atoms with Gasteiger partial charge >= 0.3 is 13.5 Å². The lowest BCUT2D eigenvalue weighted by Gasteiger charge is -2.23. The van der Waals surface area contributed by atoms with Crippen molar-refractivity contribution in [2.75, 3.05) is 24.7 Å². The third kappa shape index (κ3) is 5.10. The summed E-state index contributed by atoms with van der Waals surface area (Å²) in [5.74, 6) is -0.576. The van der Waals surface area contributed by atoms with Gasteiger partial charge in [0, 0.05) is 0 Å². The van der Waals surface area contributed by atoms with Gasteiger partial charge in [-0.05, 0) is 0 Å². The normalized spacial score (nSPS) is 32.0. The summed E-state index contributed by atoms with van der Waals surface area (Å²) in [7, 11) is -5.05. The zero-order chi connectivity index (χ0) is 28.9. The second-order valence-corrected chi connectivity index (χ2v) is 10.2. The quantitative estimate of drug-likeness (QED) is 0.114. The summed E-state index contributed by atoms with van der Waals surface area (Å²) in [6.45, 7) is -1.59. The number of H-pyrrole nitrogens is 1. The van der Waals surface area contributed by atoms with E-state index in [0.717, 1.165) is 21.8 Å². The first-order valence-electron chi connectivity index (χ1n) is 11.4. The molecule has 5 heterocycles. The lowest BCUT2D eigenvalue weighted by atomic mass is 10.1. The minimum absolute atomic E-state index is 0.0549. The third-order valence-corrected chi connectivity index (χ3v) is 7.21. The number of hydrogen-bond acceptors (Lipinski definition) is 17. The molecule has 0 spiro atoms. The van der Waals surface area contributed by atoms with Gasteiger partial charge in [-0.15, -0.1) is 0 Å². The van der Waals surface area contributed by atoms with E-state index in [4.69, 9.17) is 30.0 Å². The summed E-state index contributed by atoms with van der Waals surface area (Å²) in [5.41, 5.74) is 9.13. The van der Waals surface area contributed by atoms with Crippen LogP contribution < -0.4 is 22.7 Å². The fourth-order valence-electron chi connectivity index (χ4n) is 4.33. The Kier molecular flexibility index (Phi) is 7.43. The van der Waals surface area contributed by atoms with Crippen molar-refractivity contribution in [3.8, 4) is 0 Å². The molecule has 0 aromatic carbocycles. The molecule has 0 bridgehead atoms. The van der Waals surface area contributed by atoms with Crippen LogP contribution in [-0.4, -0.2) is 109 Å². The molecule has 22 heteroatoms. The first kappa shape index (κ1) is 28.2. The Bertz CT molecular complexity index is 1560. The molecule has 21 nitrogen and oxygen atoms in total. The van der Waals surface area contributed by atoms with Crippen molar-refractivity contribution in [3.05, 3.63) is 33.5 Å². The van der Waals surface area contributed by atoms with Gasteiger partial charge in [-0.3, -0.25) is 28.0 Å². The van der Waals surface area contributed by atoms with Crippen LogP contribution >= 0.6 is 7.82 Å². The average Bonchev–Trinajstić information content (AvgIpc) is 3.53. The summed E-state index contributed by atoms with van der Waals surface area (Å²) in [5, 5.41) is 41.3. The molecule has 40 heavy (non-hydrogen) atoms. The maximum Gasteiger partial charge on any atom is 0.472 e. The van der Waals surface area contributed by atoms with Crippen LogP contribution in [0.1, 0.15) is 12.5 Å². The average molecular weight is 589 g/mol. The molecule has 2 aliphatic rings. The van der Waals surface area contributed by atoms with E-state index >= 15 is 0 Å². The van der Waals surface area contributed by atoms with Crippen molar-refractivity contribution in [2.24, 2.45) is 0 Å². The summed E-state index contributed by atoms with van der Waals surface area (Å²) < 4.78 is 35.5. The molecule has 2 aliphatic heterocycles. The number of aliphatic hydroxyl groups excluding tert-OH is 4. The van der Waals surface area contributed by atoms with Crippen molar-refractivity contribution in [1.29, 1.82) is 0 Å². The lowest BCUT2D eigenvalue weighted by molar-refractivity contribution is -0.0596. The Morgan fingerprint density at radius 3 is 2.38 bits per heavy atom. The number of fused-ring (bicyclic) bond motifs is 1. The van der Waals surface area contributed by atoms with Gasteiger partial charge in [-0.1, -0.05) is 0 Å². The van der Waals surface area contributed by atoms with Crippen LogP contribution in [-0.2, 0) is 23.1 Å². The van der Waals surface area contributed by atoms with Gasteiger partial charge in [0.15, 0.2) is 23.6 Å². The van der Waals surface area contributed by atoms with E-state index in [2.05, 4.69) is 24.9 Å². The van der Waals surface area contributed by atoms with Crippen molar-refractivity contribution in [3.63, 3.8) is 0 Å². The molecule has 5 rings (SSSR count). The number of phosphoric ester groups is 1. The van der Waals surface area contributed by atoms with Gasteiger partial charge in [0.25, 0.3) is 5.56 Å². The molecule has 3 aromatic rings. The van der Waals surface area contributed by atoms with Crippen LogP contribution in [0.2, 0.25) is 0 Å². The lowest BCUT2D eigenvalue weighted by Crippen LogP contribution is -2.38. The van der Waals surface area contributed by atoms with Gasteiger partial charge in [0.05, 0.1) is 19.5 Å². The topological polar surface area (TPSA) is 319 Å². The smallest absolute Gasteiger partial charge is 0.394 e. The van der Waals surface area contributed by atoms with Crippen LogP contribution in [0.25, 0.3) is 11.2 Å². The second-order valence-electron chi connectivity index (χ2n) is 8.80. The molecule has 0 saturated carbocycles. The molecule has 2 fully saturated rings. The predicted molar refractivity (Wildman–Crippen MR) is 127 cm³/mol. The van der Waals surface area contributed by atoms with Gasteiger partial charge in [0.1, 0.15) is 43.0 Å². The van der Waals surface area contributed by atoms with Gasteiger partial charge in [0.2, 0.25) is 11.9 Å². The molecule has 218 valence electrons. The number of ether oxygens (including phenoxy) is 2. The number of hydrogen-bond donors (Lipinski definition) is 8. The molecule has 0 amide bonds. The van der Waals surface area contributed by atoms with Crippen LogP contribution in [0.3, 0.4) is 0 Å². The maximum atomic E-state index is 12.7. The molecule has 5 unspecified atom stereocenters. The summed E-state index contributed by atoms with van der Waals surface area (Å²) in [6, 6.07) is 0. The Morgan fingerprint density at radius 1 is 1.00 bits per heavy atom. The van der Waals surface area contributed by atoms with E-state index in [1.54, 1.807) is 0 Å². The first-order valence-corrected chi connectivity index (χ1v) is 12.9. The van der Waals surface area contributed by atoms with Crippen molar-refractivity contribution >= 4 is 30.9 Å². The maximum absolute atomic E-state index is 12.7. The van der Waals surface area contributed by atoms with Gasteiger partial charge in [-0.25, -0.2) is 19.3 Å². The third-order valence-electron chi connectivity index (χ3n) is 6.23. The van der Waals surface area contributed by atoms with Crippen molar-refractivity contribution in [1.82, 2.24) is 34.1 Å². The molecule has 10 N–H and O–H groups in total. The Balaban J connectivity index is 1.27. The van der Waals surface area contributed by atoms with E-state index < -0.39 is 81.4 Å². The summed E-state index contributed by atoms with van der Waals surface area (Å²) in [4.78, 5) is 51.5. The van der Waals surface area contributed by atoms with E-state index in [9.17, 15) is 39.5 Å². The minimum Gasteiger partial charge on any atom is -0.394 e. The predicted octanol–water partition coefficient (Wildman–Crippen LogP) is -4.69. The number of rotatable bonds is 8. The zero-order valence-electron chi connectivity index (χ0n) is 20.1. The van der Waals surface area contributed by atoms with Crippen molar-refractivity contribution in [2.45, 2.75) is 49.1 Å². The van der Waals surface area contributed by atoms with E-state index in [-0.39, 0.29) is 23.1 Å². The first-order chi connectivity index (χ1) is 18.9. The summed E-state index contributed by atoms with van der Waals surface area (Å²) >= 11 is 0. The molecule has 0 radical (unpaired) electrons. The number of nitrogens with zero attached hydrogens (tertiary/aromatic N) is 6. The number of aromatic nitrogens is 7. The molecular weight excluding hydrogens is 565 g/mol. The summed E-state index contributed by atoms with van der Waals surface area (Å²) in [6.07, 6.45) is -10.3. The standard InChI is InChI=1S/C18H24N9O12P/c19-16-22-4-27(18(33)25-16)15-10(31)11(5(1-28)37-15)39-40(34,35)36-2-6-8(29)9(30)14(38-6)26-3-21-7-12(26)23-17(20)24-13(7)32/h3-6,8-11,14-15,28-31H,1-2H2,(H,34,35)(H2,19,25,33)(H3,20,23,24,32)/t5-,6-,8?,9?,10?,11?,14-,15-/m1/s1. The number of nitrogens with one attached hydrogen (secondary N) is 1. The Labute approximate surface area is 221 Å². The molecule has 9 atom stereocenters. The largest absolute Gasteiger partial charge is 0.472 e. The number of phosphoric acid groups is 1. The van der Waals surface area contributed by atoms with Gasteiger partial charge < -0.3 is 46.3 Å². The fraction of sp³-hybridized carbons (Fsp3) is 0.556. The number of imidazole rings is 1. The number of aromatic amines is 1. The number of anilines is 2. The Hall–Kier alpha value is -3.37. The highest BCUT2D eigenvalue weighted by molar-refractivity contribution is 7.47.